The average Bonchev–Trinajstić information content (AvgIpc) is 2.84. The first-order valence-corrected chi connectivity index (χ1v) is 3.89. The van der Waals surface area contributed by atoms with Gasteiger partial charge in [0.1, 0.15) is 0 Å². The maximum Gasteiger partial charge on any atom is 0.169 e. The van der Waals surface area contributed by atoms with Crippen molar-refractivity contribution in [3.8, 4) is 0 Å². The second-order valence-electron chi connectivity index (χ2n) is 3.10. The molecule has 1 aromatic rings. The molecule has 0 aromatic carbocycles. The molecule has 0 spiro atoms. The highest BCUT2D eigenvalue weighted by molar-refractivity contribution is 5.63. The Labute approximate surface area is 69.6 Å². The van der Waals surface area contributed by atoms with E-state index in [9.17, 15) is 4.39 Å². The molecule has 1 aliphatic carbocycles. The largest absolute Gasteiger partial charge is 0.396 e. The smallest absolute Gasteiger partial charge is 0.169 e. The van der Waals surface area contributed by atoms with Gasteiger partial charge in [0.15, 0.2) is 5.82 Å². The molecule has 0 bridgehead atoms. The van der Waals surface area contributed by atoms with E-state index < -0.39 is 5.82 Å². The zero-order chi connectivity index (χ0) is 8.72. The van der Waals surface area contributed by atoms with Crippen molar-refractivity contribution in [1.82, 2.24) is 4.98 Å². The molecule has 0 amide bonds. The van der Waals surface area contributed by atoms with Crippen molar-refractivity contribution in [1.29, 1.82) is 0 Å². The molecular formula is C8H10FN3. The molecule has 4 N–H and O–H groups in total. The lowest BCUT2D eigenvalue weighted by Gasteiger charge is -2.04. The van der Waals surface area contributed by atoms with Gasteiger partial charge in [0.25, 0.3) is 0 Å². The van der Waals surface area contributed by atoms with Crippen LogP contribution >= 0.6 is 0 Å². The molecule has 1 heterocycles. The zero-order valence-electron chi connectivity index (χ0n) is 6.55. The van der Waals surface area contributed by atoms with Crippen LogP contribution in [-0.4, -0.2) is 4.98 Å². The minimum absolute atomic E-state index is 0.0342. The molecule has 0 saturated heterocycles. The maximum atomic E-state index is 13.3. The van der Waals surface area contributed by atoms with Gasteiger partial charge in [-0.15, -0.1) is 0 Å². The van der Waals surface area contributed by atoms with Crippen molar-refractivity contribution in [3.05, 3.63) is 17.7 Å². The highest BCUT2D eigenvalue weighted by atomic mass is 19.1. The van der Waals surface area contributed by atoms with Crippen molar-refractivity contribution in [2.24, 2.45) is 0 Å². The van der Waals surface area contributed by atoms with E-state index >= 15 is 0 Å². The van der Waals surface area contributed by atoms with E-state index in [-0.39, 0.29) is 17.3 Å². The molecule has 0 atom stereocenters. The predicted molar refractivity (Wildman–Crippen MR) is 45.0 cm³/mol. The summed E-state index contributed by atoms with van der Waals surface area (Å²) in [4.78, 5) is 3.92. The molecular weight excluding hydrogens is 157 g/mol. The van der Waals surface area contributed by atoms with Crippen LogP contribution < -0.4 is 11.5 Å². The van der Waals surface area contributed by atoms with Crippen LogP contribution in [0.15, 0.2) is 6.20 Å². The third-order valence-corrected chi connectivity index (χ3v) is 2.08. The average molecular weight is 167 g/mol. The van der Waals surface area contributed by atoms with E-state index in [2.05, 4.69) is 4.98 Å². The number of rotatable bonds is 1. The Hall–Kier alpha value is -1.32. The van der Waals surface area contributed by atoms with Crippen LogP contribution in [0.5, 0.6) is 0 Å². The van der Waals surface area contributed by atoms with Gasteiger partial charge in [0.2, 0.25) is 0 Å². The third-order valence-electron chi connectivity index (χ3n) is 2.08. The number of hydrogen-bond donors (Lipinski definition) is 2. The second-order valence-corrected chi connectivity index (χ2v) is 3.10. The van der Waals surface area contributed by atoms with Gasteiger partial charge in [-0.1, -0.05) is 0 Å². The number of pyridine rings is 1. The van der Waals surface area contributed by atoms with Gasteiger partial charge in [0, 0.05) is 5.92 Å². The normalized spacial score (nSPS) is 16.4. The molecule has 3 nitrogen and oxygen atoms in total. The third kappa shape index (κ3) is 0.995. The van der Waals surface area contributed by atoms with Gasteiger partial charge in [-0.05, 0) is 12.8 Å². The van der Waals surface area contributed by atoms with E-state index in [0.29, 0.717) is 5.69 Å². The SMILES string of the molecule is Nc1cnc(C2CC2)c(F)c1N. The molecule has 4 heteroatoms. The first kappa shape index (κ1) is 7.34. The van der Waals surface area contributed by atoms with Crippen LogP contribution in [0.1, 0.15) is 24.5 Å². The Morgan fingerprint density at radius 1 is 1.42 bits per heavy atom. The minimum Gasteiger partial charge on any atom is -0.396 e. The maximum absolute atomic E-state index is 13.3. The quantitative estimate of drug-likeness (QED) is 0.661. The van der Waals surface area contributed by atoms with Gasteiger partial charge in [-0.25, -0.2) is 4.39 Å². The second kappa shape index (κ2) is 2.33. The van der Waals surface area contributed by atoms with Crippen LogP contribution in [0.25, 0.3) is 0 Å². The Kier molecular flexibility index (Phi) is 1.43. The van der Waals surface area contributed by atoms with E-state index in [1.54, 1.807) is 0 Å². The Balaban J connectivity index is 2.49. The first-order chi connectivity index (χ1) is 5.70. The minimum atomic E-state index is -0.433. The lowest BCUT2D eigenvalue weighted by atomic mass is 10.2. The van der Waals surface area contributed by atoms with E-state index in [1.165, 1.54) is 6.20 Å². The Bertz CT molecular complexity index is 320. The van der Waals surface area contributed by atoms with Crippen LogP contribution in [0.3, 0.4) is 0 Å². The summed E-state index contributed by atoms with van der Waals surface area (Å²) in [5, 5.41) is 0. The standard InChI is InChI=1S/C8H10FN3/c9-6-7(11)5(10)3-12-8(6)4-1-2-4/h3-4H,1-2,10H2,(H2,11,12). The van der Waals surface area contributed by atoms with Crippen molar-refractivity contribution in [2.45, 2.75) is 18.8 Å². The molecule has 1 aliphatic rings. The van der Waals surface area contributed by atoms with Crippen molar-refractivity contribution in [3.63, 3.8) is 0 Å². The molecule has 12 heavy (non-hydrogen) atoms. The summed E-state index contributed by atoms with van der Waals surface area (Å²) < 4.78 is 13.3. The summed E-state index contributed by atoms with van der Waals surface area (Å²) in [6.07, 6.45) is 3.44. The lowest BCUT2D eigenvalue weighted by Crippen LogP contribution is -2.03. The molecule has 1 saturated carbocycles. The Morgan fingerprint density at radius 3 is 2.67 bits per heavy atom. The predicted octanol–water partition coefficient (Wildman–Crippen LogP) is 1.26. The van der Waals surface area contributed by atoms with Crippen LogP contribution in [0.2, 0.25) is 0 Å². The van der Waals surface area contributed by atoms with E-state index in [0.717, 1.165) is 12.8 Å². The summed E-state index contributed by atoms with van der Waals surface area (Å²) in [5.74, 6) is -0.162. The van der Waals surface area contributed by atoms with Crippen molar-refractivity contribution >= 4 is 11.4 Å². The van der Waals surface area contributed by atoms with Crippen molar-refractivity contribution in [2.75, 3.05) is 11.5 Å². The number of anilines is 2. The fraction of sp³-hybridized carbons (Fsp3) is 0.375. The molecule has 64 valence electrons. The molecule has 1 aromatic heterocycles. The van der Waals surface area contributed by atoms with E-state index in [1.807, 2.05) is 0 Å². The molecule has 2 rings (SSSR count). The summed E-state index contributed by atoms with van der Waals surface area (Å²) in [6, 6.07) is 0. The summed E-state index contributed by atoms with van der Waals surface area (Å²) in [7, 11) is 0. The number of nitrogens with zero attached hydrogens (tertiary/aromatic N) is 1. The van der Waals surface area contributed by atoms with Crippen LogP contribution in [0, 0.1) is 5.82 Å². The molecule has 1 fully saturated rings. The van der Waals surface area contributed by atoms with Crippen LogP contribution in [-0.2, 0) is 0 Å². The topological polar surface area (TPSA) is 64.9 Å². The number of hydrogen-bond acceptors (Lipinski definition) is 3. The van der Waals surface area contributed by atoms with Gasteiger partial charge in [0.05, 0.1) is 23.3 Å². The monoisotopic (exact) mass is 167 g/mol. The van der Waals surface area contributed by atoms with Crippen molar-refractivity contribution < 1.29 is 4.39 Å². The van der Waals surface area contributed by atoms with Gasteiger partial charge in [-0.2, -0.15) is 0 Å². The lowest BCUT2D eigenvalue weighted by molar-refractivity contribution is 0.605. The summed E-state index contributed by atoms with van der Waals surface area (Å²) in [6.45, 7) is 0. The Morgan fingerprint density at radius 2 is 2.08 bits per heavy atom. The van der Waals surface area contributed by atoms with Crippen LogP contribution in [0.4, 0.5) is 15.8 Å². The number of nitrogens with two attached hydrogens (primary N) is 2. The summed E-state index contributed by atoms with van der Waals surface area (Å²) >= 11 is 0. The van der Waals surface area contributed by atoms with Gasteiger partial charge in [-0.3, -0.25) is 4.98 Å². The molecule has 0 aliphatic heterocycles. The van der Waals surface area contributed by atoms with Gasteiger partial charge < -0.3 is 11.5 Å². The number of halogens is 1. The van der Waals surface area contributed by atoms with Gasteiger partial charge >= 0.3 is 0 Å². The number of aromatic nitrogens is 1. The zero-order valence-corrected chi connectivity index (χ0v) is 6.55. The summed E-state index contributed by atoms with van der Waals surface area (Å²) in [5.41, 5.74) is 11.5. The fourth-order valence-electron chi connectivity index (χ4n) is 1.17. The highest BCUT2D eigenvalue weighted by Crippen LogP contribution is 2.41. The molecule has 0 unspecified atom stereocenters. The molecule has 0 radical (unpaired) electrons. The first-order valence-electron chi connectivity index (χ1n) is 3.89. The highest BCUT2D eigenvalue weighted by Gasteiger charge is 2.29. The fourth-order valence-corrected chi connectivity index (χ4v) is 1.17. The van der Waals surface area contributed by atoms with E-state index in [4.69, 9.17) is 11.5 Å². The number of nitrogen functional groups attached to an aromatic ring is 2.